The molecule has 1 saturated heterocycles. The summed E-state index contributed by atoms with van der Waals surface area (Å²) in [5, 5.41) is 6.73. The number of hydrogen-bond donors (Lipinski definition) is 2. The van der Waals surface area contributed by atoms with Crippen molar-refractivity contribution in [3.05, 3.63) is 29.8 Å². The molecule has 0 spiro atoms. The lowest BCUT2D eigenvalue weighted by atomic mass is 10.0. The molecule has 0 radical (unpaired) electrons. The van der Waals surface area contributed by atoms with Crippen molar-refractivity contribution in [1.82, 2.24) is 5.32 Å². The van der Waals surface area contributed by atoms with E-state index in [1.165, 1.54) is 11.3 Å². The van der Waals surface area contributed by atoms with Crippen LogP contribution in [-0.4, -0.2) is 19.1 Å². The summed E-state index contributed by atoms with van der Waals surface area (Å²) in [4.78, 5) is 0. The van der Waals surface area contributed by atoms with Crippen molar-refractivity contribution in [1.29, 1.82) is 0 Å². The summed E-state index contributed by atoms with van der Waals surface area (Å²) in [5.41, 5.74) is 2.64. The first-order chi connectivity index (χ1) is 6.75. The number of nitrogens with one attached hydrogen (secondary N) is 2. The molecule has 0 unspecified atom stereocenters. The Kier molecular flexibility index (Phi) is 2.73. The first kappa shape index (κ1) is 9.53. The van der Waals surface area contributed by atoms with Crippen LogP contribution in [0.25, 0.3) is 0 Å². The van der Waals surface area contributed by atoms with Crippen molar-refractivity contribution in [3.63, 3.8) is 0 Å². The Bertz CT molecular complexity index is 286. The monoisotopic (exact) mass is 190 g/mol. The highest BCUT2D eigenvalue weighted by Gasteiger charge is 2.15. The summed E-state index contributed by atoms with van der Waals surface area (Å²) < 4.78 is 0. The number of anilines is 1. The predicted octanol–water partition coefficient (Wildman–Crippen LogP) is 2.19. The van der Waals surface area contributed by atoms with E-state index in [2.05, 4.69) is 48.7 Å². The molecule has 14 heavy (non-hydrogen) atoms. The topological polar surface area (TPSA) is 24.1 Å². The molecule has 0 aliphatic carbocycles. The van der Waals surface area contributed by atoms with E-state index in [-0.39, 0.29) is 0 Å². The Balaban J connectivity index is 1.98. The maximum atomic E-state index is 3.48. The van der Waals surface area contributed by atoms with Crippen molar-refractivity contribution in [3.8, 4) is 0 Å². The van der Waals surface area contributed by atoms with Gasteiger partial charge in [-0.15, -0.1) is 0 Å². The molecule has 1 aliphatic rings. The lowest BCUT2D eigenvalue weighted by molar-refractivity contribution is 0.472. The summed E-state index contributed by atoms with van der Waals surface area (Å²) in [7, 11) is 0. The van der Waals surface area contributed by atoms with Gasteiger partial charge in [0.15, 0.2) is 0 Å². The Morgan fingerprint density at radius 1 is 1.21 bits per heavy atom. The fourth-order valence-electron chi connectivity index (χ4n) is 1.59. The Hall–Kier alpha value is -1.02. The minimum Gasteiger partial charge on any atom is -0.380 e. The van der Waals surface area contributed by atoms with Crippen LogP contribution in [0.3, 0.4) is 0 Å². The molecule has 1 aromatic carbocycles. The summed E-state index contributed by atoms with van der Waals surface area (Å²) >= 11 is 0. The van der Waals surface area contributed by atoms with Gasteiger partial charge in [0.2, 0.25) is 0 Å². The minimum absolute atomic E-state index is 0.620. The van der Waals surface area contributed by atoms with Gasteiger partial charge in [0.1, 0.15) is 0 Å². The summed E-state index contributed by atoms with van der Waals surface area (Å²) in [6, 6.07) is 9.39. The summed E-state index contributed by atoms with van der Waals surface area (Å²) in [5.74, 6) is 0.620. The van der Waals surface area contributed by atoms with Crippen molar-refractivity contribution in [2.75, 3.05) is 18.4 Å². The zero-order chi connectivity index (χ0) is 9.97. The van der Waals surface area contributed by atoms with Gasteiger partial charge < -0.3 is 10.6 Å². The molecule has 2 rings (SSSR count). The van der Waals surface area contributed by atoms with Gasteiger partial charge in [0, 0.05) is 18.8 Å². The number of hydrogen-bond acceptors (Lipinski definition) is 2. The normalized spacial score (nSPS) is 16.8. The van der Waals surface area contributed by atoms with Crippen LogP contribution in [-0.2, 0) is 0 Å². The molecule has 1 heterocycles. The van der Waals surface area contributed by atoms with Gasteiger partial charge in [-0.25, -0.2) is 0 Å². The fraction of sp³-hybridized carbons (Fsp3) is 0.500. The maximum Gasteiger partial charge on any atom is 0.0510 e. The highest BCUT2D eigenvalue weighted by molar-refractivity contribution is 5.46. The van der Waals surface area contributed by atoms with Crippen molar-refractivity contribution in [2.45, 2.75) is 25.8 Å². The van der Waals surface area contributed by atoms with E-state index < -0.39 is 0 Å². The Morgan fingerprint density at radius 3 is 2.29 bits per heavy atom. The molecule has 0 saturated carbocycles. The zero-order valence-electron chi connectivity index (χ0n) is 8.88. The van der Waals surface area contributed by atoms with Gasteiger partial charge in [-0.2, -0.15) is 0 Å². The van der Waals surface area contributed by atoms with Gasteiger partial charge in [-0.3, -0.25) is 0 Å². The van der Waals surface area contributed by atoms with Gasteiger partial charge in [0.25, 0.3) is 0 Å². The van der Waals surface area contributed by atoms with Gasteiger partial charge >= 0.3 is 0 Å². The van der Waals surface area contributed by atoms with Crippen molar-refractivity contribution < 1.29 is 0 Å². The van der Waals surface area contributed by atoms with Crippen LogP contribution in [0.5, 0.6) is 0 Å². The molecule has 1 aromatic rings. The van der Waals surface area contributed by atoms with E-state index in [1.54, 1.807) is 0 Å². The third-order valence-electron chi connectivity index (χ3n) is 2.73. The smallest absolute Gasteiger partial charge is 0.0510 e. The van der Waals surface area contributed by atoms with Gasteiger partial charge in [0.05, 0.1) is 6.04 Å². The lowest BCUT2D eigenvalue weighted by Gasteiger charge is -2.29. The largest absolute Gasteiger partial charge is 0.380 e. The van der Waals surface area contributed by atoms with E-state index in [0.29, 0.717) is 12.0 Å². The first-order valence-electron chi connectivity index (χ1n) is 5.33. The Labute approximate surface area is 85.7 Å². The van der Waals surface area contributed by atoms with Crippen LogP contribution in [0.1, 0.15) is 25.3 Å². The first-order valence-corrected chi connectivity index (χ1v) is 5.33. The molecular formula is C12H18N2. The maximum absolute atomic E-state index is 3.48. The molecule has 1 aliphatic heterocycles. The second kappa shape index (κ2) is 4.01. The van der Waals surface area contributed by atoms with Crippen LogP contribution >= 0.6 is 0 Å². The van der Waals surface area contributed by atoms with E-state index in [0.717, 1.165) is 13.1 Å². The predicted molar refractivity (Wildman–Crippen MR) is 60.8 cm³/mol. The van der Waals surface area contributed by atoms with Crippen LogP contribution in [0.15, 0.2) is 24.3 Å². The molecule has 0 bridgehead atoms. The molecule has 1 fully saturated rings. The van der Waals surface area contributed by atoms with Gasteiger partial charge in [-0.05, 0) is 23.6 Å². The molecule has 2 N–H and O–H groups in total. The molecule has 76 valence electrons. The molecule has 0 aromatic heterocycles. The lowest BCUT2D eigenvalue weighted by Crippen LogP contribution is -2.51. The second-order valence-electron chi connectivity index (χ2n) is 4.28. The molecule has 2 nitrogen and oxygen atoms in total. The quantitative estimate of drug-likeness (QED) is 0.763. The van der Waals surface area contributed by atoms with E-state index in [9.17, 15) is 0 Å². The van der Waals surface area contributed by atoms with Crippen molar-refractivity contribution >= 4 is 5.69 Å². The van der Waals surface area contributed by atoms with Crippen LogP contribution < -0.4 is 10.6 Å². The average molecular weight is 190 g/mol. The third kappa shape index (κ3) is 2.07. The van der Waals surface area contributed by atoms with E-state index in [4.69, 9.17) is 0 Å². The molecule has 0 amide bonds. The second-order valence-corrected chi connectivity index (χ2v) is 4.28. The standard InChI is InChI=1S/C12H18N2/c1-9(2)10-3-5-11(6-4-10)14-12-7-13-8-12/h3-6,9,12-14H,7-8H2,1-2H3. The highest BCUT2D eigenvalue weighted by atomic mass is 15.1. The summed E-state index contributed by atoms with van der Waals surface area (Å²) in [6.07, 6.45) is 0. The molecular weight excluding hydrogens is 172 g/mol. The Morgan fingerprint density at radius 2 is 1.86 bits per heavy atom. The average Bonchev–Trinajstić information content (AvgIpc) is 2.12. The molecule has 0 atom stereocenters. The SMILES string of the molecule is CC(C)c1ccc(NC2CNC2)cc1. The number of rotatable bonds is 3. The van der Waals surface area contributed by atoms with Crippen LogP contribution in [0.2, 0.25) is 0 Å². The van der Waals surface area contributed by atoms with Crippen LogP contribution in [0.4, 0.5) is 5.69 Å². The number of benzene rings is 1. The van der Waals surface area contributed by atoms with Gasteiger partial charge in [-0.1, -0.05) is 26.0 Å². The third-order valence-corrected chi connectivity index (χ3v) is 2.73. The minimum atomic E-state index is 0.620. The zero-order valence-corrected chi connectivity index (χ0v) is 8.88. The molecule has 2 heteroatoms. The summed E-state index contributed by atoms with van der Waals surface area (Å²) in [6.45, 7) is 6.62. The van der Waals surface area contributed by atoms with E-state index >= 15 is 0 Å². The fourth-order valence-corrected chi connectivity index (χ4v) is 1.59. The van der Waals surface area contributed by atoms with Crippen molar-refractivity contribution in [2.24, 2.45) is 0 Å². The van der Waals surface area contributed by atoms with E-state index in [1.807, 2.05) is 0 Å². The highest BCUT2D eigenvalue weighted by Crippen LogP contribution is 2.17. The van der Waals surface area contributed by atoms with Crippen LogP contribution in [0, 0.1) is 0 Å².